The fourth-order valence-corrected chi connectivity index (χ4v) is 2.97. The van der Waals surface area contributed by atoms with Gasteiger partial charge in [0.1, 0.15) is 0 Å². The Kier molecular flexibility index (Phi) is 4.35. The lowest BCUT2D eigenvalue weighted by Crippen LogP contribution is -1.98. The quantitative estimate of drug-likeness (QED) is 0.630. The SMILES string of the molecule is CCCC1=C2C=CC(CC=Cc3ccccc3)C=C2C=C1. The summed E-state index contributed by atoms with van der Waals surface area (Å²) in [6, 6.07) is 10.5. The zero-order valence-corrected chi connectivity index (χ0v) is 12.6. The summed E-state index contributed by atoms with van der Waals surface area (Å²) in [5, 5.41) is 0. The molecule has 0 saturated carbocycles. The van der Waals surface area contributed by atoms with E-state index in [0.717, 1.165) is 6.42 Å². The van der Waals surface area contributed by atoms with Crippen molar-refractivity contribution in [3.8, 4) is 0 Å². The number of benzene rings is 1. The third-order valence-corrected chi connectivity index (χ3v) is 4.06. The van der Waals surface area contributed by atoms with Crippen LogP contribution in [0.5, 0.6) is 0 Å². The van der Waals surface area contributed by atoms with Crippen molar-refractivity contribution in [2.24, 2.45) is 5.92 Å². The smallest absolute Gasteiger partial charge is 0.000631 e. The lowest BCUT2D eigenvalue weighted by Gasteiger charge is -2.14. The average molecular weight is 274 g/mol. The molecule has 0 saturated heterocycles. The highest BCUT2D eigenvalue weighted by molar-refractivity contribution is 5.60. The molecule has 0 radical (unpaired) electrons. The van der Waals surface area contributed by atoms with Crippen molar-refractivity contribution in [1.29, 1.82) is 0 Å². The van der Waals surface area contributed by atoms with E-state index in [4.69, 9.17) is 0 Å². The van der Waals surface area contributed by atoms with Crippen LogP contribution in [0.1, 0.15) is 31.7 Å². The predicted molar refractivity (Wildman–Crippen MR) is 91.9 cm³/mol. The van der Waals surface area contributed by atoms with E-state index < -0.39 is 0 Å². The molecule has 106 valence electrons. The third-order valence-electron chi connectivity index (χ3n) is 4.06. The van der Waals surface area contributed by atoms with E-state index in [2.05, 4.69) is 79.8 Å². The van der Waals surface area contributed by atoms with Crippen LogP contribution in [-0.2, 0) is 0 Å². The van der Waals surface area contributed by atoms with Gasteiger partial charge in [0.15, 0.2) is 0 Å². The molecule has 0 fully saturated rings. The van der Waals surface area contributed by atoms with E-state index in [9.17, 15) is 0 Å². The number of allylic oxidation sites excluding steroid dienone is 9. The molecule has 2 aliphatic rings. The minimum atomic E-state index is 0.523. The topological polar surface area (TPSA) is 0 Å². The Hall–Kier alpha value is -2.08. The van der Waals surface area contributed by atoms with Crippen molar-refractivity contribution in [1.82, 2.24) is 0 Å². The molecule has 1 unspecified atom stereocenters. The highest BCUT2D eigenvalue weighted by atomic mass is 14.2. The summed E-state index contributed by atoms with van der Waals surface area (Å²) in [6.07, 6.45) is 19.6. The zero-order chi connectivity index (χ0) is 14.5. The molecular formula is C21H22. The zero-order valence-electron chi connectivity index (χ0n) is 12.6. The molecule has 0 bridgehead atoms. The molecule has 0 aliphatic heterocycles. The first kappa shape index (κ1) is 13.9. The first-order valence-corrected chi connectivity index (χ1v) is 7.90. The van der Waals surface area contributed by atoms with Crippen molar-refractivity contribution in [3.05, 3.63) is 89.1 Å². The Labute approximate surface area is 127 Å². The maximum absolute atomic E-state index is 2.41. The van der Waals surface area contributed by atoms with Gasteiger partial charge in [0.25, 0.3) is 0 Å². The minimum Gasteiger partial charge on any atom is -0.0830 e. The van der Waals surface area contributed by atoms with E-state index >= 15 is 0 Å². The summed E-state index contributed by atoms with van der Waals surface area (Å²) >= 11 is 0. The van der Waals surface area contributed by atoms with Crippen LogP contribution in [0.15, 0.2) is 83.5 Å². The second-order valence-electron chi connectivity index (χ2n) is 5.72. The molecule has 0 spiro atoms. The molecule has 0 heteroatoms. The van der Waals surface area contributed by atoms with E-state index in [1.165, 1.54) is 35.1 Å². The van der Waals surface area contributed by atoms with Crippen molar-refractivity contribution >= 4 is 6.08 Å². The molecule has 1 atom stereocenters. The molecule has 0 nitrogen and oxygen atoms in total. The summed E-state index contributed by atoms with van der Waals surface area (Å²) in [6.45, 7) is 2.24. The third kappa shape index (κ3) is 3.33. The number of hydrogen-bond donors (Lipinski definition) is 0. The molecule has 0 aromatic heterocycles. The van der Waals surface area contributed by atoms with Gasteiger partial charge in [-0.2, -0.15) is 0 Å². The molecule has 21 heavy (non-hydrogen) atoms. The van der Waals surface area contributed by atoms with Gasteiger partial charge in [-0.1, -0.05) is 86.2 Å². The van der Waals surface area contributed by atoms with Crippen LogP contribution in [0.4, 0.5) is 0 Å². The highest BCUT2D eigenvalue weighted by Crippen LogP contribution is 2.33. The van der Waals surface area contributed by atoms with Gasteiger partial charge in [0, 0.05) is 0 Å². The fraction of sp³-hybridized carbons (Fsp3) is 0.238. The second-order valence-corrected chi connectivity index (χ2v) is 5.72. The Morgan fingerprint density at radius 3 is 2.71 bits per heavy atom. The fourth-order valence-electron chi connectivity index (χ4n) is 2.97. The molecule has 1 aromatic carbocycles. The molecule has 2 aliphatic carbocycles. The monoisotopic (exact) mass is 274 g/mol. The van der Waals surface area contributed by atoms with Crippen LogP contribution in [-0.4, -0.2) is 0 Å². The van der Waals surface area contributed by atoms with Crippen molar-refractivity contribution in [2.75, 3.05) is 0 Å². The summed E-state index contributed by atoms with van der Waals surface area (Å²) in [5.41, 5.74) is 5.63. The van der Waals surface area contributed by atoms with E-state index in [1.807, 2.05) is 0 Å². The van der Waals surface area contributed by atoms with Crippen LogP contribution in [0.3, 0.4) is 0 Å². The number of hydrogen-bond acceptors (Lipinski definition) is 0. The lowest BCUT2D eigenvalue weighted by atomic mass is 9.91. The summed E-state index contributed by atoms with van der Waals surface area (Å²) in [7, 11) is 0. The van der Waals surface area contributed by atoms with Gasteiger partial charge >= 0.3 is 0 Å². The largest absolute Gasteiger partial charge is 0.0830 e. The van der Waals surface area contributed by atoms with Crippen LogP contribution in [0.2, 0.25) is 0 Å². The summed E-state index contributed by atoms with van der Waals surface area (Å²) < 4.78 is 0. The summed E-state index contributed by atoms with van der Waals surface area (Å²) in [5.74, 6) is 0.523. The summed E-state index contributed by atoms with van der Waals surface area (Å²) in [4.78, 5) is 0. The number of rotatable bonds is 5. The predicted octanol–water partition coefficient (Wildman–Crippen LogP) is 5.87. The van der Waals surface area contributed by atoms with Crippen molar-refractivity contribution in [3.63, 3.8) is 0 Å². The first-order valence-electron chi connectivity index (χ1n) is 7.90. The van der Waals surface area contributed by atoms with Gasteiger partial charge in [0.05, 0.1) is 0 Å². The van der Waals surface area contributed by atoms with Gasteiger partial charge in [0.2, 0.25) is 0 Å². The Balaban J connectivity index is 1.64. The van der Waals surface area contributed by atoms with E-state index in [-0.39, 0.29) is 0 Å². The number of fused-ring (bicyclic) bond motifs is 1. The van der Waals surface area contributed by atoms with Crippen LogP contribution < -0.4 is 0 Å². The highest BCUT2D eigenvalue weighted by Gasteiger charge is 2.16. The van der Waals surface area contributed by atoms with Gasteiger partial charge in [-0.15, -0.1) is 0 Å². The Morgan fingerprint density at radius 2 is 1.90 bits per heavy atom. The van der Waals surface area contributed by atoms with Gasteiger partial charge < -0.3 is 0 Å². The maximum Gasteiger partial charge on any atom is -0.000631 e. The molecule has 3 rings (SSSR count). The van der Waals surface area contributed by atoms with Crippen LogP contribution in [0, 0.1) is 5.92 Å². The molecule has 0 amide bonds. The molecular weight excluding hydrogens is 252 g/mol. The molecule has 0 heterocycles. The van der Waals surface area contributed by atoms with Crippen molar-refractivity contribution < 1.29 is 0 Å². The van der Waals surface area contributed by atoms with Gasteiger partial charge in [-0.05, 0) is 41.0 Å². The van der Waals surface area contributed by atoms with E-state index in [1.54, 1.807) is 0 Å². The van der Waals surface area contributed by atoms with Crippen LogP contribution >= 0.6 is 0 Å². The minimum absolute atomic E-state index is 0.523. The standard InChI is InChI=1S/C21H22/c1-2-7-19-13-14-20-16-18(12-15-21(19)20)11-6-10-17-8-4-3-5-9-17/h3-6,8-10,12-16,18H,2,7,11H2,1H3. The molecule has 0 N–H and O–H groups in total. The Bertz CT molecular complexity index is 636. The van der Waals surface area contributed by atoms with Crippen molar-refractivity contribution in [2.45, 2.75) is 26.2 Å². The average Bonchev–Trinajstić information content (AvgIpc) is 2.91. The second kappa shape index (κ2) is 6.58. The Morgan fingerprint density at radius 1 is 1.05 bits per heavy atom. The first-order chi connectivity index (χ1) is 10.4. The van der Waals surface area contributed by atoms with Gasteiger partial charge in [-0.3, -0.25) is 0 Å². The maximum atomic E-state index is 2.41. The molecule has 1 aromatic rings. The normalized spacial score (nSPS) is 20.2. The van der Waals surface area contributed by atoms with Gasteiger partial charge in [-0.25, -0.2) is 0 Å². The van der Waals surface area contributed by atoms with Crippen LogP contribution in [0.25, 0.3) is 6.08 Å². The van der Waals surface area contributed by atoms with E-state index in [0.29, 0.717) is 5.92 Å². The lowest BCUT2D eigenvalue weighted by molar-refractivity contribution is 0.820.